The molecule has 2 aromatic carbocycles. The lowest BCUT2D eigenvalue weighted by molar-refractivity contribution is -0.385. The number of phenols is 1. The Kier molecular flexibility index (Phi) is 5.79. The maximum Gasteiger partial charge on any atom is 0.310 e. The third-order valence-electron chi connectivity index (χ3n) is 4.11. The Morgan fingerprint density at radius 2 is 1.88 bits per heavy atom. The number of phenolic OH excluding ortho intramolecular Hbond substituents is 1. The highest BCUT2D eigenvalue weighted by atomic mass is 16.6. The van der Waals surface area contributed by atoms with E-state index >= 15 is 0 Å². The molecule has 0 aliphatic heterocycles. The van der Waals surface area contributed by atoms with Crippen LogP contribution in [0.3, 0.4) is 0 Å². The second-order valence-electron chi connectivity index (χ2n) is 6.27. The molecule has 0 heterocycles. The normalized spacial score (nSPS) is 12.2. The number of rotatable bonds is 7. The zero-order chi connectivity index (χ0) is 17.7. The van der Waals surface area contributed by atoms with Gasteiger partial charge >= 0.3 is 5.69 Å². The highest BCUT2D eigenvalue weighted by Gasteiger charge is 2.15. The van der Waals surface area contributed by atoms with Gasteiger partial charge in [-0.15, -0.1) is 0 Å². The molecule has 0 saturated carbocycles. The molecule has 2 rings (SSSR count). The lowest BCUT2D eigenvalue weighted by Gasteiger charge is -2.14. The van der Waals surface area contributed by atoms with Gasteiger partial charge in [-0.25, -0.2) is 0 Å². The molecule has 0 bridgehead atoms. The van der Waals surface area contributed by atoms with Crippen LogP contribution in [-0.2, 0) is 0 Å². The molecule has 0 aliphatic carbocycles. The van der Waals surface area contributed by atoms with E-state index in [1.165, 1.54) is 17.7 Å². The average Bonchev–Trinajstić information content (AvgIpc) is 2.54. The molecule has 0 aliphatic rings. The van der Waals surface area contributed by atoms with Gasteiger partial charge in [0, 0.05) is 6.07 Å². The first-order valence-corrected chi connectivity index (χ1v) is 8.08. The summed E-state index contributed by atoms with van der Waals surface area (Å²) >= 11 is 0. The SMILES string of the molecule is CC(C)c1cccc(OCCC(C)c2ccc([N+](=O)[O-])c(O)c2)c1. The van der Waals surface area contributed by atoms with Crippen molar-refractivity contribution < 1.29 is 14.8 Å². The molecule has 0 radical (unpaired) electrons. The van der Waals surface area contributed by atoms with E-state index in [1.54, 1.807) is 6.07 Å². The Morgan fingerprint density at radius 3 is 2.50 bits per heavy atom. The summed E-state index contributed by atoms with van der Waals surface area (Å²) in [7, 11) is 0. The molecule has 0 spiro atoms. The first-order valence-electron chi connectivity index (χ1n) is 8.08. The van der Waals surface area contributed by atoms with Gasteiger partial charge in [0.2, 0.25) is 0 Å². The Labute approximate surface area is 142 Å². The number of aromatic hydroxyl groups is 1. The highest BCUT2D eigenvalue weighted by molar-refractivity contribution is 5.48. The Morgan fingerprint density at radius 1 is 1.12 bits per heavy atom. The van der Waals surface area contributed by atoms with Crippen molar-refractivity contribution in [1.29, 1.82) is 0 Å². The lowest BCUT2D eigenvalue weighted by Crippen LogP contribution is -2.04. The monoisotopic (exact) mass is 329 g/mol. The first kappa shape index (κ1) is 17.8. The standard InChI is InChI=1S/C19H23NO4/c1-13(2)15-5-4-6-17(11-15)24-10-9-14(3)16-7-8-18(20(22)23)19(21)12-16/h4-8,11-14,21H,9-10H2,1-3H3. The van der Waals surface area contributed by atoms with E-state index in [0.29, 0.717) is 12.5 Å². The highest BCUT2D eigenvalue weighted by Crippen LogP contribution is 2.30. The fraction of sp³-hybridized carbons (Fsp3) is 0.368. The molecule has 1 atom stereocenters. The number of hydrogen-bond donors (Lipinski definition) is 1. The molecule has 5 nitrogen and oxygen atoms in total. The molecule has 0 fully saturated rings. The minimum absolute atomic E-state index is 0.130. The maximum atomic E-state index is 10.7. The van der Waals surface area contributed by atoms with Gasteiger partial charge in [-0.05, 0) is 47.6 Å². The minimum Gasteiger partial charge on any atom is -0.502 e. The molecule has 1 unspecified atom stereocenters. The molecule has 5 heteroatoms. The fourth-order valence-electron chi connectivity index (χ4n) is 2.49. The summed E-state index contributed by atoms with van der Waals surface area (Å²) in [6.45, 7) is 6.83. The third kappa shape index (κ3) is 4.47. The summed E-state index contributed by atoms with van der Waals surface area (Å²) in [4.78, 5) is 10.1. The second-order valence-corrected chi connectivity index (χ2v) is 6.27. The van der Waals surface area contributed by atoms with Crippen LogP contribution in [0, 0.1) is 10.1 Å². The summed E-state index contributed by atoms with van der Waals surface area (Å²) in [5.74, 6) is 1.13. The molecule has 0 aromatic heterocycles. The van der Waals surface area contributed by atoms with Gasteiger partial charge in [-0.2, -0.15) is 0 Å². The number of hydrogen-bond acceptors (Lipinski definition) is 4. The smallest absolute Gasteiger partial charge is 0.310 e. The fourth-order valence-corrected chi connectivity index (χ4v) is 2.49. The third-order valence-corrected chi connectivity index (χ3v) is 4.11. The number of nitro benzene ring substituents is 1. The molecule has 2 aromatic rings. The minimum atomic E-state index is -0.589. The van der Waals surface area contributed by atoms with E-state index in [4.69, 9.17) is 4.74 Å². The van der Waals surface area contributed by atoms with Crippen molar-refractivity contribution in [2.24, 2.45) is 0 Å². The van der Waals surface area contributed by atoms with Crippen LogP contribution in [0.5, 0.6) is 11.5 Å². The van der Waals surface area contributed by atoms with E-state index in [-0.39, 0.29) is 17.4 Å². The van der Waals surface area contributed by atoms with Gasteiger partial charge in [0.15, 0.2) is 5.75 Å². The van der Waals surface area contributed by atoms with Crippen LogP contribution >= 0.6 is 0 Å². The molecule has 0 amide bonds. The number of nitrogens with zero attached hydrogens (tertiary/aromatic N) is 1. The van der Waals surface area contributed by atoms with Crippen molar-refractivity contribution in [2.75, 3.05) is 6.61 Å². The molecule has 1 N–H and O–H groups in total. The molecule has 128 valence electrons. The van der Waals surface area contributed by atoms with Crippen LogP contribution in [0.15, 0.2) is 42.5 Å². The van der Waals surface area contributed by atoms with E-state index < -0.39 is 4.92 Å². The first-order chi connectivity index (χ1) is 11.4. The largest absolute Gasteiger partial charge is 0.502 e. The second kappa shape index (κ2) is 7.81. The van der Waals surface area contributed by atoms with Crippen molar-refractivity contribution in [3.63, 3.8) is 0 Å². The van der Waals surface area contributed by atoms with Gasteiger partial charge in [0.05, 0.1) is 11.5 Å². The van der Waals surface area contributed by atoms with E-state index in [9.17, 15) is 15.2 Å². The molecule has 0 saturated heterocycles. The predicted octanol–water partition coefficient (Wildman–Crippen LogP) is 5.00. The van der Waals surface area contributed by atoms with E-state index in [2.05, 4.69) is 19.9 Å². The number of benzene rings is 2. The van der Waals surface area contributed by atoms with Crippen LogP contribution in [0.1, 0.15) is 50.2 Å². The summed E-state index contributed by atoms with van der Waals surface area (Å²) in [6.07, 6.45) is 0.753. The zero-order valence-electron chi connectivity index (χ0n) is 14.2. The zero-order valence-corrected chi connectivity index (χ0v) is 14.2. The summed E-state index contributed by atoms with van der Waals surface area (Å²) in [6, 6.07) is 12.5. The Hall–Kier alpha value is -2.56. The van der Waals surface area contributed by atoms with Crippen molar-refractivity contribution in [3.05, 3.63) is 63.7 Å². The molecule has 24 heavy (non-hydrogen) atoms. The molecular weight excluding hydrogens is 306 g/mol. The van der Waals surface area contributed by atoms with Crippen LogP contribution in [0.2, 0.25) is 0 Å². The maximum absolute atomic E-state index is 10.7. The lowest BCUT2D eigenvalue weighted by atomic mass is 9.97. The van der Waals surface area contributed by atoms with Gasteiger partial charge in [-0.1, -0.05) is 39.0 Å². The summed E-state index contributed by atoms with van der Waals surface area (Å²) in [5, 5.41) is 20.5. The topological polar surface area (TPSA) is 72.6 Å². The van der Waals surface area contributed by atoms with Crippen LogP contribution in [0.4, 0.5) is 5.69 Å². The van der Waals surface area contributed by atoms with Crippen molar-refractivity contribution in [3.8, 4) is 11.5 Å². The Balaban J connectivity index is 1.94. The van der Waals surface area contributed by atoms with Crippen molar-refractivity contribution in [2.45, 2.75) is 39.0 Å². The van der Waals surface area contributed by atoms with Gasteiger partial charge in [-0.3, -0.25) is 10.1 Å². The van der Waals surface area contributed by atoms with Gasteiger partial charge in [0.1, 0.15) is 5.75 Å². The van der Waals surface area contributed by atoms with Crippen LogP contribution in [-0.4, -0.2) is 16.6 Å². The quantitative estimate of drug-likeness (QED) is 0.573. The van der Waals surface area contributed by atoms with Gasteiger partial charge < -0.3 is 9.84 Å². The van der Waals surface area contributed by atoms with Crippen LogP contribution < -0.4 is 4.74 Å². The number of ether oxygens (including phenoxy) is 1. The summed E-state index contributed by atoms with van der Waals surface area (Å²) < 4.78 is 5.81. The number of nitro groups is 1. The van der Waals surface area contributed by atoms with Crippen LogP contribution in [0.25, 0.3) is 0 Å². The average molecular weight is 329 g/mol. The van der Waals surface area contributed by atoms with E-state index in [0.717, 1.165) is 17.7 Å². The van der Waals surface area contributed by atoms with E-state index in [1.807, 2.05) is 25.1 Å². The van der Waals surface area contributed by atoms with Crippen molar-refractivity contribution in [1.82, 2.24) is 0 Å². The van der Waals surface area contributed by atoms with Gasteiger partial charge in [0.25, 0.3) is 0 Å². The predicted molar refractivity (Wildman–Crippen MR) is 93.8 cm³/mol. The molecular formula is C19H23NO4. The van der Waals surface area contributed by atoms with Crippen molar-refractivity contribution >= 4 is 5.69 Å². The summed E-state index contributed by atoms with van der Waals surface area (Å²) in [5.41, 5.74) is 1.83. The Bertz CT molecular complexity index is 712.